The molecule has 2 N–H and O–H groups in total. The van der Waals surface area contributed by atoms with Crippen LogP contribution in [0.2, 0.25) is 0 Å². The first-order valence-corrected chi connectivity index (χ1v) is 7.57. The van der Waals surface area contributed by atoms with Crippen LogP contribution in [0.15, 0.2) is 60.8 Å². The van der Waals surface area contributed by atoms with E-state index in [9.17, 15) is 9.59 Å². The Labute approximate surface area is 138 Å². The van der Waals surface area contributed by atoms with Gasteiger partial charge < -0.3 is 10.6 Å². The van der Waals surface area contributed by atoms with Crippen molar-refractivity contribution in [2.24, 2.45) is 0 Å². The summed E-state index contributed by atoms with van der Waals surface area (Å²) in [5.41, 5.74) is 2.25. The molecule has 1 heterocycles. The first-order valence-electron chi connectivity index (χ1n) is 7.57. The third kappa shape index (κ3) is 3.73. The average molecular weight is 320 g/mol. The first kappa shape index (κ1) is 15.6. The lowest BCUT2D eigenvalue weighted by molar-refractivity contribution is 0.0925. The number of amides is 2. The van der Waals surface area contributed by atoms with Crippen LogP contribution in [0.25, 0.3) is 11.0 Å². The Balaban J connectivity index is 1.51. The summed E-state index contributed by atoms with van der Waals surface area (Å²) in [6.45, 7) is 0.645. The van der Waals surface area contributed by atoms with E-state index in [1.54, 1.807) is 30.3 Å². The number of hydrogen-bond acceptors (Lipinski definition) is 4. The number of para-hydroxylation sites is 2. The number of carbonyl (C=O) groups is 2. The Hall–Kier alpha value is -3.28. The highest BCUT2D eigenvalue weighted by Crippen LogP contribution is 2.08. The summed E-state index contributed by atoms with van der Waals surface area (Å²) in [7, 11) is 0. The zero-order valence-electron chi connectivity index (χ0n) is 12.9. The van der Waals surface area contributed by atoms with E-state index in [2.05, 4.69) is 20.6 Å². The molecule has 24 heavy (non-hydrogen) atoms. The molecular weight excluding hydrogens is 304 g/mol. The lowest BCUT2D eigenvalue weighted by Gasteiger charge is -2.07. The molecule has 120 valence electrons. The van der Waals surface area contributed by atoms with Crippen LogP contribution in [0.4, 0.5) is 0 Å². The van der Waals surface area contributed by atoms with Gasteiger partial charge in [0.05, 0.1) is 17.2 Å². The van der Waals surface area contributed by atoms with Crippen molar-refractivity contribution in [1.82, 2.24) is 20.6 Å². The van der Waals surface area contributed by atoms with E-state index in [0.29, 0.717) is 24.2 Å². The van der Waals surface area contributed by atoms with E-state index in [1.165, 1.54) is 6.20 Å². The summed E-state index contributed by atoms with van der Waals surface area (Å²) in [6.07, 6.45) is 1.44. The standard InChI is InChI=1S/C18H16N4O2/c23-17(13-6-2-1-3-7-13)19-10-11-20-18(24)16-12-21-14-8-4-5-9-15(14)22-16/h1-9,12H,10-11H2,(H,19,23)(H,20,24). The SMILES string of the molecule is O=C(NCCNC(=O)c1cnc2ccccc2n1)c1ccccc1. The third-order valence-corrected chi connectivity index (χ3v) is 3.41. The number of nitrogens with one attached hydrogen (secondary N) is 2. The Bertz CT molecular complexity index is 865. The van der Waals surface area contributed by atoms with Gasteiger partial charge in [0.25, 0.3) is 11.8 Å². The van der Waals surface area contributed by atoms with Crippen molar-refractivity contribution in [3.05, 3.63) is 72.1 Å². The van der Waals surface area contributed by atoms with E-state index in [0.717, 1.165) is 5.52 Å². The molecular formula is C18H16N4O2. The normalized spacial score (nSPS) is 10.3. The summed E-state index contributed by atoms with van der Waals surface area (Å²) in [4.78, 5) is 32.4. The number of fused-ring (bicyclic) bond motifs is 1. The Morgan fingerprint density at radius 1 is 0.792 bits per heavy atom. The van der Waals surface area contributed by atoms with Gasteiger partial charge in [-0.05, 0) is 24.3 Å². The molecule has 0 saturated heterocycles. The molecule has 0 aliphatic heterocycles. The van der Waals surface area contributed by atoms with Crippen LogP contribution in [0.1, 0.15) is 20.8 Å². The highest BCUT2D eigenvalue weighted by atomic mass is 16.2. The molecule has 2 amide bonds. The molecule has 0 atom stereocenters. The fourth-order valence-electron chi connectivity index (χ4n) is 2.20. The predicted octanol–water partition coefficient (Wildman–Crippen LogP) is 1.79. The van der Waals surface area contributed by atoms with Crippen molar-refractivity contribution < 1.29 is 9.59 Å². The molecule has 1 aromatic heterocycles. The van der Waals surface area contributed by atoms with Crippen molar-refractivity contribution >= 4 is 22.8 Å². The van der Waals surface area contributed by atoms with Crippen LogP contribution in [0.3, 0.4) is 0 Å². The van der Waals surface area contributed by atoms with Gasteiger partial charge in [-0.25, -0.2) is 4.98 Å². The second-order valence-corrected chi connectivity index (χ2v) is 5.12. The number of nitrogens with zero attached hydrogens (tertiary/aromatic N) is 2. The minimum absolute atomic E-state index is 0.171. The van der Waals surface area contributed by atoms with E-state index < -0.39 is 0 Å². The topological polar surface area (TPSA) is 84.0 Å². The number of rotatable bonds is 5. The van der Waals surface area contributed by atoms with Gasteiger partial charge in [0, 0.05) is 18.7 Å². The van der Waals surface area contributed by atoms with Gasteiger partial charge in [0.15, 0.2) is 0 Å². The summed E-state index contributed by atoms with van der Waals surface area (Å²) in [5.74, 6) is -0.488. The van der Waals surface area contributed by atoms with Crippen LogP contribution in [0, 0.1) is 0 Å². The molecule has 0 fully saturated rings. The molecule has 6 heteroatoms. The zero-order valence-corrected chi connectivity index (χ0v) is 12.9. The van der Waals surface area contributed by atoms with Gasteiger partial charge in [-0.1, -0.05) is 30.3 Å². The maximum absolute atomic E-state index is 12.1. The van der Waals surface area contributed by atoms with Crippen molar-refractivity contribution in [2.75, 3.05) is 13.1 Å². The van der Waals surface area contributed by atoms with Crippen molar-refractivity contribution in [3.63, 3.8) is 0 Å². The van der Waals surface area contributed by atoms with Crippen LogP contribution < -0.4 is 10.6 Å². The van der Waals surface area contributed by atoms with Crippen molar-refractivity contribution in [3.8, 4) is 0 Å². The minimum Gasteiger partial charge on any atom is -0.350 e. The number of hydrogen-bond donors (Lipinski definition) is 2. The molecule has 0 spiro atoms. The summed E-state index contributed by atoms with van der Waals surface area (Å²) < 4.78 is 0. The fraction of sp³-hybridized carbons (Fsp3) is 0.111. The van der Waals surface area contributed by atoms with E-state index in [-0.39, 0.29) is 17.5 Å². The maximum atomic E-state index is 12.1. The summed E-state index contributed by atoms with van der Waals surface area (Å²) in [6, 6.07) is 16.3. The van der Waals surface area contributed by atoms with Gasteiger partial charge in [-0.2, -0.15) is 0 Å². The molecule has 0 aliphatic carbocycles. The second kappa shape index (κ2) is 7.32. The van der Waals surface area contributed by atoms with Crippen LogP contribution in [-0.2, 0) is 0 Å². The quantitative estimate of drug-likeness (QED) is 0.702. The molecule has 3 rings (SSSR count). The molecule has 0 saturated carbocycles. The summed E-state index contributed by atoms with van der Waals surface area (Å²) in [5, 5.41) is 5.46. The highest BCUT2D eigenvalue weighted by molar-refractivity contribution is 5.95. The molecule has 2 aromatic carbocycles. The van der Waals surface area contributed by atoms with E-state index in [4.69, 9.17) is 0 Å². The minimum atomic E-state index is -0.317. The lowest BCUT2D eigenvalue weighted by atomic mass is 10.2. The van der Waals surface area contributed by atoms with Crippen LogP contribution >= 0.6 is 0 Å². The highest BCUT2D eigenvalue weighted by Gasteiger charge is 2.09. The second-order valence-electron chi connectivity index (χ2n) is 5.12. The monoisotopic (exact) mass is 320 g/mol. The Kier molecular flexibility index (Phi) is 4.76. The molecule has 0 radical (unpaired) electrons. The number of benzene rings is 2. The van der Waals surface area contributed by atoms with E-state index in [1.807, 2.05) is 24.3 Å². The fourth-order valence-corrected chi connectivity index (χ4v) is 2.20. The average Bonchev–Trinajstić information content (AvgIpc) is 2.65. The Morgan fingerprint density at radius 2 is 1.42 bits per heavy atom. The van der Waals surface area contributed by atoms with Gasteiger partial charge in [-0.3, -0.25) is 14.6 Å². The molecule has 0 aliphatic rings. The maximum Gasteiger partial charge on any atom is 0.271 e. The van der Waals surface area contributed by atoms with Crippen molar-refractivity contribution in [2.45, 2.75) is 0 Å². The molecule has 0 unspecified atom stereocenters. The summed E-state index contributed by atoms with van der Waals surface area (Å²) >= 11 is 0. The predicted molar refractivity (Wildman–Crippen MR) is 90.6 cm³/mol. The van der Waals surface area contributed by atoms with Crippen molar-refractivity contribution in [1.29, 1.82) is 0 Å². The lowest BCUT2D eigenvalue weighted by Crippen LogP contribution is -2.35. The number of aromatic nitrogens is 2. The van der Waals surface area contributed by atoms with Crippen LogP contribution in [-0.4, -0.2) is 34.9 Å². The van der Waals surface area contributed by atoms with E-state index >= 15 is 0 Å². The van der Waals surface area contributed by atoms with Crippen LogP contribution in [0.5, 0.6) is 0 Å². The van der Waals surface area contributed by atoms with Gasteiger partial charge in [-0.15, -0.1) is 0 Å². The molecule has 0 bridgehead atoms. The smallest absolute Gasteiger partial charge is 0.271 e. The third-order valence-electron chi connectivity index (χ3n) is 3.41. The molecule has 3 aromatic rings. The van der Waals surface area contributed by atoms with Gasteiger partial charge >= 0.3 is 0 Å². The number of carbonyl (C=O) groups excluding carboxylic acids is 2. The Morgan fingerprint density at radius 3 is 2.17 bits per heavy atom. The largest absolute Gasteiger partial charge is 0.350 e. The van der Waals surface area contributed by atoms with Gasteiger partial charge in [0.1, 0.15) is 5.69 Å². The first-order chi connectivity index (χ1) is 11.7. The van der Waals surface area contributed by atoms with Gasteiger partial charge in [0.2, 0.25) is 0 Å². The zero-order chi connectivity index (χ0) is 16.8. The molecule has 6 nitrogen and oxygen atoms in total.